The Labute approximate surface area is 160 Å². The van der Waals surface area contributed by atoms with Gasteiger partial charge in [-0.1, -0.05) is 17.3 Å². The summed E-state index contributed by atoms with van der Waals surface area (Å²) in [4.78, 5) is 14.3. The maximum absolute atomic E-state index is 13.3. The lowest BCUT2D eigenvalue weighted by atomic mass is 10.1. The van der Waals surface area contributed by atoms with Gasteiger partial charge in [-0.05, 0) is 43.3 Å². The number of rotatable bonds is 5. The summed E-state index contributed by atoms with van der Waals surface area (Å²) in [6, 6.07) is 15.4. The van der Waals surface area contributed by atoms with Crippen molar-refractivity contribution in [3.63, 3.8) is 0 Å². The molecule has 140 valence electrons. The lowest BCUT2D eigenvalue weighted by Gasteiger charge is -2.11. The predicted octanol–water partition coefficient (Wildman–Crippen LogP) is 3.94. The van der Waals surface area contributed by atoms with Gasteiger partial charge in [0.25, 0.3) is 0 Å². The Morgan fingerprint density at radius 3 is 2.61 bits per heavy atom. The maximum Gasteiger partial charge on any atom is 0.184 e. The monoisotopic (exact) mass is 376 g/mol. The van der Waals surface area contributed by atoms with E-state index in [0.29, 0.717) is 28.7 Å². The van der Waals surface area contributed by atoms with Crippen molar-refractivity contribution < 1.29 is 9.23 Å². The first kappa shape index (κ1) is 17.6. The van der Waals surface area contributed by atoms with E-state index in [1.807, 2.05) is 37.3 Å². The Morgan fingerprint density at radius 1 is 1.11 bits per heavy atom. The Bertz CT molecular complexity index is 1150. The van der Waals surface area contributed by atoms with Gasteiger partial charge < -0.3 is 10.2 Å². The fourth-order valence-electron chi connectivity index (χ4n) is 2.80. The van der Waals surface area contributed by atoms with E-state index in [-0.39, 0.29) is 5.82 Å². The summed E-state index contributed by atoms with van der Waals surface area (Å²) in [6.07, 6.45) is 0. The number of H-pyrrole nitrogens is 1. The van der Waals surface area contributed by atoms with E-state index in [4.69, 9.17) is 4.84 Å². The number of benzene rings is 2. The maximum atomic E-state index is 13.3. The summed E-state index contributed by atoms with van der Waals surface area (Å²) in [5.74, 6) is 1.23. The van der Waals surface area contributed by atoms with Gasteiger partial charge in [-0.25, -0.2) is 14.4 Å². The molecule has 0 fully saturated rings. The number of fused-ring (bicyclic) bond motifs is 1. The minimum Gasteiger partial charge on any atom is -0.399 e. The fraction of sp³-hybridized carbons (Fsp3) is 0.100. The molecule has 0 atom stereocenters. The number of hydrogen-bond donors (Lipinski definition) is 2. The number of nitrogens with zero attached hydrogens (tertiary/aromatic N) is 4. The van der Waals surface area contributed by atoms with Crippen molar-refractivity contribution >= 4 is 28.3 Å². The molecule has 0 saturated heterocycles. The molecule has 4 rings (SSSR count). The number of halogens is 1. The van der Waals surface area contributed by atoms with E-state index in [2.05, 4.69) is 30.6 Å². The zero-order valence-electron chi connectivity index (χ0n) is 15.3. The molecule has 8 heteroatoms. The Kier molecular flexibility index (Phi) is 4.67. The number of nitrogens with one attached hydrogen (secondary N) is 2. The predicted molar refractivity (Wildman–Crippen MR) is 105 cm³/mol. The largest absolute Gasteiger partial charge is 0.399 e. The van der Waals surface area contributed by atoms with Crippen molar-refractivity contribution in [1.82, 2.24) is 20.2 Å². The highest BCUT2D eigenvalue weighted by Crippen LogP contribution is 2.24. The zero-order valence-corrected chi connectivity index (χ0v) is 15.3. The van der Waals surface area contributed by atoms with Gasteiger partial charge in [0.05, 0.1) is 5.52 Å². The zero-order chi connectivity index (χ0) is 19.5. The van der Waals surface area contributed by atoms with Gasteiger partial charge in [0.1, 0.15) is 18.7 Å². The van der Waals surface area contributed by atoms with Crippen LogP contribution in [-0.4, -0.2) is 33.0 Å². The van der Waals surface area contributed by atoms with E-state index in [0.717, 1.165) is 16.6 Å². The molecule has 4 aromatic rings. The normalized spacial score (nSPS) is 11.6. The highest BCUT2D eigenvalue weighted by atomic mass is 19.1. The van der Waals surface area contributed by atoms with Gasteiger partial charge >= 0.3 is 0 Å². The van der Waals surface area contributed by atoms with Crippen LogP contribution in [0.5, 0.6) is 0 Å². The minimum atomic E-state index is -0.337. The van der Waals surface area contributed by atoms with E-state index >= 15 is 0 Å². The van der Waals surface area contributed by atoms with Crippen LogP contribution < -0.4 is 5.32 Å². The lowest BCUT2D eigenvalue weighted by Crippen LogP contribution is -2.11. The number of anilines is 2. The number of aromatic amines is 1. The van der Waals surface area contributed by atoms with Crippen LogP contribution in [0.15, 0.2) is 59.8 Å². The summed E-state index contributed by atoms with van der Waals surface area (Å²) in [5, 5.41) is 15.2. The minimum absolute atomic E-state index is 0.337. The molecule has 0 saturated carbocycles. The Hall–Kier alpha value is -3.81. The van der Waals surface area contributed by atoms with Crippen molar-refractivity contribution in [3.05, 3.63) is 77.5 Å². The third kappa shape index (κ3) is 3.52. The van der Waals surface area contributed by atoms with E-state index in [1.165, 1.54) is 19.2 Å². The van der Waals surface area contributed by atoms with Crippen LogP contribution in [0.1, 0.15) is 17.1 Å². The van der Waals surface area contributed by atoms with E-state index in [1.54, 1.807) is 12.1 Å². The molecule has 0 aliphatic carbocycles. The number of hydrogen-bond acceptors (Lipinski definition) is 6. The number of para-hydroxylation sites is 1. The molecule has 2 N–H and O–H groups in total. The quantitative estimate of drug-likeness (QED) is 0.407. The summed E-state index contributed by atoms with van der Waals surface area (Å²) in [5.41, 5.74) is 2.69. The molecule has 2 heterocycles. The Morgan fingerprint density at radius 2 is 1.89 bits per heavy atom. The lowest BCUT2D eigenvalue weighted by molar-refractivity contribution is 0.213. The smallest absolute Gasteiger partial charge is 0.184 e. The summed E-state index contributed by atoms with van der Waals surface area (Å²) >= 11 is 0. The molecule has 0 aliphatic rings. The van der Waals surface area contributed by atoms with Gasteiger partial charge in [0.15, 0.2) is 17.4 Å². The second kappa shape index (κ2) is 7.43. The molecule has 2 aromatic carbocycles. The molecule has 0 unspecified atom stereocenters. The number of aromatic nitrogens is 4. The highest BCUT2D eigenvalue weighted by molar-refractivity contribution is 6.11. The van der Waals surface area contributed by atoms with Crippen molar-refractivity contribution in [3.8, 4) is 0 Å². The molecule has 0 spiro atoms. The van der Waals surface area contributed by atoms with Crippen molar-refractivity contribution in [2.75, 3.05) is 12.4 Å². The van der Waals surface area contributed by atoms with Crippen LogP contribution >= 0.6 is 0 Å². The molecule has 2 aromatic heterocycles. The first-order valence-electron chi connectivity index (χ1n) is 8.57. The molecule has 0 amide bonds. The van der Waals surface area contributed by atoms with Gasteiger partial charge in [-0.2, -0.15) is 5.10 Å². The topological polar surface area (TPSA) is 88.1 Å². The second-order valence-electron chi connectivity index (χ2n) is 6.10. The summed E-state index contributed by atoms with van der Waals surface area (Å²) in [7, 11) is 1.44. The third-order valence-electron chi connectivity index (χ3n) is 4.07. The van der Waals surface area contributed by atoms with Crippen LogP contribution in [-0.2, 0) is 4.84 Å². The first-order valence-corrected chi connectivity index (χ1v) is 8.57. The van der Waals surface area contributed by atoms with Crippen LogP contribution in [0.2, 0.25) is 0 Å². The summed E-state index contributed by atoms with van der Waals surface area (Å²) < 4.78 is 13.3. The molecule has 0 aliphatic heterocycles. The van der Waals surface area contributed by atoms with Crippen LogP contribution in [0.4, 0.5) is 16.0 Å². The molecular weight excluding hydrogens is 359 g/mol. The summed E-state index contributed by atoms with van der Waals surface area (Å²) in [6.45, 7) is 1.92. The average Bonchev–Trinajstić information content (AvgIpc) is 3.11. The molecular formula is C20H17FN6O. The molecule has 28 heavy (non-hydrogen) atoms. The van der Waals surface area contributed by atoms with Gasteiger partial charge in [0.2, 0.25) is 0 Å². The average molecular weight is 376 g/mol. The van der Waals surface area contributed by atoms with Crippen LogP contribution in [0.3, 0.4) is 0 Å². The van der Waals surface area contributed by atoms with Gasteiger partial charge in [0, 0.05) is 22.7 Å². The van der Waals surface area contributed by atoms with Crippen LogP contribution in [0, 0.1) is 12.7 Å². The SMILES string of the molecule is CO/N=C(\c1ccc(F)cc1)c1nc(Nc2cc(C)[nH]n2)c2ccccc2n1. The second-order valence-corrected chi connectivity index (χ2v) is 6.10. The third-order valence-corrected chi connectivity index (χ3v) is 4.07. The van der Waals surface area contributed by atoms with Gasteiger partial charge in [-0.15, -0.1) is 0 Å². The fourth-order valence-corrected chi connectivity index (χ4v) is 2.80. The van der Waals surface area contributed by atoms with E-state index < -0.39 is 0 Å². The van der Waals surface area contributed by atoms with Crippen LogP contribution in [0.25, 0.3) is 10.9 Å². The molecule has 0 radical (unpaired) electrons. The van der Waals surface area contributed by atoms with E-state index in [9.17, 15) is 4.39 Å². The Balaban J connectivity index is 1.86. The number of aryl methyl sites for hydroxylation is 1. The van der Waals surface area contributed by atoms with Crippen molar-refractivity contribution in [2.45, 2.75) is 6.92 Å². The number of oxime groups is 1. The standard InChI is InChI=1S/C20H17FN6O/c1-12-11-17(26-25-12)23-19-15-5-3-4-6-16(15)22-20(24-19)18(27-28-2)13-7-9-14(21)10-8-13/h3-11H,1-2H3,(H2,22,23,24,25,26)/b27-18+. The molecule has 7 nitrogen and oxygen atoms in total. The molecule has 0 bridgehead atoms. The first-order chi connectivity index (χ1) is 13.6. The van der Waals surface area contributed by atoms with Crippen molar-refractivity contribution in [2.24, 2.45) is 5.16 Å². The van der Waals surface area contributed by atoms with Gasteiger partial charge in [-0.3, -0.25) is 5.10 Å². The highest BCUT2D eigenvalue weighted by Gasteiger charge is 2.16. The van der Waals surface area contributed by atoms with Crippen molar-refractivity contribution in [1.29, 1.82) is 0 Å².